The Kier molecular flexibility index (Phi) is 5.73. The number of hydrogen-bond acceptors (Lipinski definition) is 5. The summed E-state index contributed by atoms with van der Waals surface area (Å²) in [6.07, 6.45) is 0. The number of hydrogen-bond donors (Lipinski definition) is 2. The Morgan fingerprint density at radius 2 is 1.74 bits per heavy atom. The average molecular weight is 537 g/mol. The Labute approximate surface area is 175 Å². The van der Waals surface area contributed by atoms with Crippen LogP contribution in [0.1, 0.15) is 10.4 Å². The molecule has 2 N–H and O–H groups in total. The molecule has 0 bridgehead atoms. The van der Waals surface area contributed by atoms with E-state index >= 15 is 0 Å². The van der Waals surface area contributed by atoms with E-state index in [0.717, 1.165) is 0 Å². The highest BCUT2D eigenvalue weighted by Crippen LogP contribution is 2.28. The van der Waals surface area contributed by atoms with E-state index < -0.39 is 21.6 Å². The van der Waals surface area contributed by atoms with Gasteiger partial charge in [-0.05, 0) is 58.4 Å². The molecule has 0 saturated carbocycles. The van der Waals surface area contributed by atoms with Gasteiger partial charge in [0, 0.05) is 14.9 Å². The van der Waals surface area contributed by atoms with E-state index in [1.54, 1.807) is 12.1 Å². The van der Waals surface area contributed by atoms with Gasteiger partial charge in [-0.3, -0.25) is 10.2 Å². The van der Waals surface area contributed by atoms with Crippen molar-refractivity contribution in [3.63, 3.8) is 0 Å². The molecule has 3 aromatic rings. The van der Waals surface area contributed by atoms with Gasteiger partial charge in [0.15, 0.2) is 5.58 Å². The number of nitrogens with one attached hydrogen (secondary N) is 2. The fourth-order valence-corrected chi connectivity index (χ4v) is 4.47. The number of amides is 1. The fourth-order valence-electron chi connectivity index (χ4n) is 2.17. The third kappa shape index (κ3) is 4.41. The molecule has 0 aliphatic rings. The Morgan fingerprint density at radius 3 is 2.41 bits per heavy atom. The molecule has 11 heteroatoms. The number of benzene rings is 2. The van der Waals surface area contributed by atoms with Crippen LogP contribution in [0.2, 0.25) is 5.02 Å². The minimum absolute atomic E-state index is 0.106. The molecule has 140 valence electrons. The minimum Gasteiger partial charge on any atom is -0.421 e. The molecule has 0 saturated heterocycles. The normalized spacial score (nSPS) is 11.5. The number of rotatable bonds is 4. The highest BCUT2D eigenvalue weighted by atomic mass is 79.9. The zero-order valence-electron chi connectivity index (χ0n) is 13.1. The lowest BCUT2D eigenvalue weighted by Crippen LogP contribution is -2.42. The number of carbonyl (C=O) groups excluding carboxylic acids is 1. The molecule has 1 aromatic heterocycles. The second-order valence-corrected chi connectivity index (χ2v) is 9.16. The first-order valence-electron chi connectivity index (χ1n) is 7.18. The predicted molar refractivity (Wildman–Crippen MR) is 107 cm³/mol. The maximum atomic E-state index is 12.3. The largest absolute Gasteiger partial charge is 0.421 e. The van der Waals surface area contributed by atoms with Gasteiger partial charge in [-0.15, -0.1) is 4.83 Å². The van der Waals surface area contributed by atoms with Gasteiger partial charge >= 0.3 is 5.63 Å². The summed E-state index contributed by atoms with van der Waals surface area (Å²) in [4.78, 5) is 26.2. The summed E-state index contributed by atoms with van der Waals surface area (Å²) in [6, 6.07) is 9.98. The molecule has 0 unspecified atom stereocenters. The smallest absolute Gasteiger partial charge is 0.349 e. The van der Waals surface area contributed by atoms with Crippen molar-refractivity contribution in [2.24, 2.45) is 0 Å². The first-order chi connectivity index (χ1) is 12.7. The van der Waals surface area contributed by atoms with E-state index in [2.05, 4.69) is 31.9 Å². The maximum Gasteiger partial charge on any atom is 0.349 e. The Hall–Kier alpha value is -1.72. The Morgan fingerprint density at radius 1 is 1.07 bits per heavy atom. The van der Waals surface area contributed by atoms with Crippen LogP contribution in [0, 0.1) is 0 Å². The van der Waals surface area contributed by atoms with Crippen molar-refractivity contribution < 1.29 is 17.6 Å². The first-order valence-corrected chi connectivity index (χ1v) is 10.6. The molecule has 0 atom stereocenters. The fraction of sp³-hybridized carbons (Fsp3) is 0. The molecule has 7 nitrogen and oxygen atoms in total. The summed E-state index contributed by atoms with van der Waals surface area (Å²) in [7, 11) is -4.04. The van der Waals surface area contributed by atoms with Crippen molar-refractivity contribution in [1.29, 1.82) is 0 Å². The van der Waals surface area contributed by atoms with Crippen LogP contribution in [-0.2, 0) is 10.0 Å². The van der Waals surface area contributed by atoms with E-state index in [9.17, 15) is 18.0 Å². The van der Waals surface area contributed by atoms with Crippen molar-refractivity contribution in [3.05, 3.63) is 72.4 Å². The lowest BCUT2D eigenvalue weighted by atomic mass is 10.2. The summed E-state index contributed by atoms with van der Waals surface area (Å²) < 4.78 is 30.7. The van der Waals surface area contributed by atoms with Gasteiger partial charge in [-0.25, -0.2) is 13.2 Å². The van der Waals surface area contributed by atoms with Gasteiger partial charge in [0.25, 0.3) is 15.9 Å². The van der Waals surface area contributed by atoms with Crippen molar-refractivity contribution in [3.8, 4) is 0 Å². The molecule has 0 aliphatic heterocycles. The summed E-state index contributed by atoms with van der Waals surface area (Å²) in [5.74, 6) is -0.959. The number of fused-ring (bicyclic) bond motifs is 1. The van der Waals surface area contributed by atoms with E-state index in [1.807, 2.05) is 10.3 Å². The van der Waals surface area contributed by atoms with Gasteiger partial charge in [0.1, 0.15) is 5.56 Å². The highest BCUT2D eigenvalue weighted by molar-refractivity contribution is 9.11. The van der Waals surface area contributed by atoms with Crippen LogP contribution < -0.4 is 15.9 Å². The molecule has 1 amide bonds. The number of halogens is 3. The van der Waals surface area contributed by atoms with Crippen LogP contribution in [0.3, 0.4) is 0 Å². The van der Waals surface area contributed by atoms with E-state index in [-0.39, 0.29) is 16.0 Å². The average Bonchev–Trinajstić information content (AvgIpc) is 2.60. The molecular weight excluding hydrogens is 528 g/mol. The summed E-state index contributed by atoms with van der Waals surface area (Å²) >= 11 is 12.3. The van der Waals surface area contributed by atoms with Crippen LogP contribution in [0.25, 0.3) is 11.0 Å². The molecule has 0 aliphatic carbocycles. The van der Waals surface area contributed by atoms with Gasteiger partial charge in [-0.1, -0.05) is 27.5 Å². The minimum atomic E-state index is -4.04. The van der Waals surface area contributed by atoms with Crippen LogP contribution in [0.15, 0.2) is 65.5 Å². The zero-order valence-corrected chi connectivity index (χ0v) is 17.9. The molecule has 0 spiro atoms. The maximum absolute atomic E-state index is 12.3. The Balaban J connectivity index is 1.87. The third-order valence-corrected chi connectivity index (χ3v) is 5.98. The summed E-state index contributed by atoms with van der Waals surface area (Å²) in [5, 5.41) is 0.839. The molecule has 27 heavy (non-hydrogen) atoms. The molecule has 0 fully saturated rings. The third-order valence-electron chi connectivity index (χ3n) is 3.42. The van der Waals surface area contributed by atoms with Gasteiger partial charge in [0.05, 0.1) is 9.37 Å². The van der Waals surface area contributed by atoms with Crippen molar-refractivity contribution >= 4 is 70.4 Å². The quantitative estimate of drug-likeness (QED) is 0.392. The molecule has 0 radical (unpaired) electrons. The molecule has 2 aromatic carbocycles. The van der Waals surface area contributed by atoms with Crippen molar-refractivity contribution in [2.75, 3.05) is 0 Å². The van der Waals surface area contributed by atoms with Gasteiger partial charge in [0.2, 0.25) is 0 Å². The summed E-state index contributed by atoms with van der Waals surface area (Å²) in [6.45, 7) is 0. The second kappa shape index (κ2) is 7.72. The zero-order chi connectivity index (χ0) is 19.8. The monoisotopic (exact) mass is 534 g/mol. The molecular formula is C16H9Br2ClN2O5S. The van der Waals surface area contributed by atoms with Crippen molar-refractivity contribution in [1.82, 2.24) is 10.3 Å². The predicted octanol–water partition coefficient (Wildman–Crippen LogP) is 3.59. The topological polar surface area (TPSA) is 105 Å². The van der Waals surface area contributed by atoms with Crippen LogP contribution in [0.4, 0.5) is 0 Å². The first kappa shape index (κ1) is 20.0. The molecule has 3 rings (SSSR count). The van der Waals surface area contributed by atoms with E-state index in [1.165, 1.54) is 30.3 Å². The van der Waals surface area contributed by atoms with Gasteiger partial charge < -0.3 is 4.42 Å². The Bertz CT molecular complexity index is 1210. The van der Waals surface area contributed by atoms with E-state index in [0.29, 0.717) is 19.4 Å². The summed E-state index contributed by atoms with van der Waals surface area (Å²) in [5.41, 5.74) is 0.995. The highest BCUT2D eigenvalue weighted by Gasteiger charge is 2.19. The van der Waals surface area contributed by atoms with E-state index in [4.69, 9.17) is 16.0 Å². The number of carbonyl (C=O) groups is 1. The van der Waals surface area contributed by atoms with Gasteiger partial charge in [-0.2, -0.15) is 0 Å². The van der Waals surface area contributed by atoms with Crippen LogP contribution in [0.5, 0.6) is 0 Å². The second-order valence-electron chi connectivity index (χ2n) is 5.27. The number of hydrazine groups is 1. The van der Waals surface area contributed by atoms with Crippen molar-refractivity contribution in [2.45, 2.75) is 4.90 Å². The SMILES string of the molecule is O=C(NNS(=O)(=O)c1ccc(Cl)cc1)c1cc2cc(Br)cc(Br)c2oc1=O. The van der Waals surface area contributed by atoms with Crippen LogP contribution >= 0.6 is 43.5 Å². The molecule has 1 heterocycles. The lowest BCUT2D eigenvalue weighted by molar-refractivity contribution is 0.0941. The lowest BCUT2D eigenvalue weighted by Gasteiger charge is -2.09. The number of sulfonamides is 1. The van der Waals surface area contributed by atoms with Crippen LogP contribution in [-0.4, -0.2) is 14.3 Å². The standard InChI is InChI=1S/C16H9Br2ClN2O5S/c17-9-5-8-6-12(16(23)26-14(8)13(18)7-9)15(22)20-21-27(24,25)11-3-1-10(19)2-4-11/h1-7,21H,(H,20,22).